The van der Waals surface area contributed by atoms with Crippen molar-refractivity contribution in [2.24, 2.45) is 5.92 Å². The van der Waals surface area contributed by atoms with Gasteiger partial charge in [0.25, 0.3) is 0 Å². The summed E-state index contributed by atoms with van der Waals surface area (Å²) < 4.78 is 37.8. The van der Waals surface area contributed by atoms with Gasteiger partial charge in [0, 0.05) is 38.3 Å². The molecule has 2 rings (SSSR count). The van der Waals surface area contributed by atoms with E-state index in [2.05, 4.69) is 20.3 Å². The number of sulfonamides is 1. The Morgan fingerprint density at radius 1 is 1.28 bits per heavy atom. The van der Waals surface area contributed by atoms with Crippen LogP contribution in [0.15, 0.2) is 24.3 Å². The van der Waals surface area contributed by atoms with Crippen LogP contribution in [0.25, 0.3) is 0 Å². The van der Waals surface area contributed by atoms with E-state index in [1.807, 2.05) is 6.07 Å². The SMILES string of the molecule is CS(=O)(=O)NCCNC(=O)NC[C@@H]1CCN(Cc2ccccc2F)C1. The molecule has 1 heterocycles. The lowest BCUT2D eigenvalue weighted by Crippen LogP contribution is -2.42. The third kappa shape index (κ3) is 7.37. The number of nitrogens with zero attached hydrogens (tertiary/aromatic N) is 1. The molecule has 9 heteroatoms. The topological polar surface area (TPSA) is 90.5 Å². The first-order valence-corrected chi connectivity index (χ1v) is 10.1. The number of halogens is 1. The summed E-state index contributed by atoms with van der Waals surface area (Å²) in [5.74, 6) is 0.137. The van der Waals surface area contributed by atoms with Gasteiger partial charge < -0.3 is 10.6 Å². The number of amides is 2. The van der Waals surface area contributed by atoms with Gasteiger partial charge in [-0.3, -0.25) is 4.90 Å². The zero-order chi connectivity index (χ0) is 18.3. The highest BCUT2D eigenvalue weighted by Gasteiger charge is 2.23. The van der Waals surface area contributed by atoms with Crippen LogP contribution in [0.1, 0.15) is 12.0 Å². The van der Waals surface area contributed by atoms with E-state index in [4.69, 9.17) is 0 Å². The molecule has 1 aliphatic rings. The van der Waals surface area contributed by atoms with Crippen molar-refractivity contribution in [1.29, 1.82) is 0 Å². The number of rotatable bonds is 8. The molecule has 1 aromatic carbocycles. The molecule has 0 unspecified atom stereocenters. The third-order valence-corrected chi connectivity index (χ3v) is 4.78. The number of hydrogen-bond donors (Lipinski definition) is 3. The molecule has 0 bridgehead atoms. The van der Waals surface area contributed by atoms with E-state index in [0.717, 1.165) is 25.8 Å². The van der Waals surface area contributed by atoms with Crippen molar-refractivity contribution in [1.82, 2.24) is 20.3 Å². The van der Waals surface area contributed by atoms with E-state index in [0.29, 0.717) is 24.6 Å². The zero-order valence-electron chi connectivity index (χ0n) is 14.3. The van der Waals surface area contributed by atoms with Gasteiger partial charge >= 0.3 is 6.03 Å². The molecular formula is C16H25FN4O3S. The predicted octanol–water partition coefficient (Wildman–Crippen LogP) is 0.496. The normalized spacial score (nSPS) is 18.2. The number of nitrogens with one attached hydrogen (secondary N) is 3. The summed E-state index contributed by atoms with van der Waals surface area (Å²) in [6.45, 7) is 3.19. The molecule has 7 nitrogen and oxygen atoms in total. The van der Waals surface area contributed by atoms with E-state index in [1.54, 1.807) is 12.1 Å². The molecule has 1 fully saturated rings. The highest BCUT2D eigenvalue weighted by Crippen LogP contribution is 2.19. The van der Waals surface area contributed by atoms with Gasteiger partial charge in [0.1, 0.15) is 5.82 Å². The Balaban J connectivity index is 1.62. The molecule has 25 heavy (non-hydrogen) atoms. The molecule has 0 radical (unpaired) electrons. The van der Waals surface area contributed by atoms with Crippen molar-refractivity contribution in [3.05, 3.63) is 35.6 Å². The van der Waals surface area contributed by atoms with Gasteiger partial charge in [-0.2, -0.15) is 0 Å². The van der Waals surface area contributed by atoms with Crippen molar-refractivity contribution >= 4 is 16.1 Å². The maximum Gasteiger partial charge on any atom is 0.314 e. The average molecular weight is 372 g/mol. The first-order chi connectivity index (χ1) is 11.8. The molecule has 0 saturated carbocycles. The minimum Gasteiger partial charge on any atom is -0.338 e. The lowest BCUT2D eigenvalue weighted by atomic mass is 10.1. The number of likely N-dealkylation sites (tertiary alicyclic amines) is 1. The van der Waals surface area contributed by atoms with Gasteiger partial charge in [-0.25, -0.2) is 22.3 Å². The fourth-order valence-electron chi connectivity index (χ4n) is 2.80. The standard InChI is InChI=1S/C16H25FN4O3S/c1-25(23,24)20-8-7-18-16(22)19-10-13-6-9-21(11-13)12-14-4-2-3-5-15(14)17/h2-5,13,20H,6-12H2,1H3,(H2,18,19,22)/t13-/m0/s1. The average Bonchev–Trinajstić information content (AvgIpc) is 2.98. The predicted molar refractivity (Wildman–Crippen MR) is 94.0 cm³/mol. The van der Waals surface area contributed by atoms with Crippen molar-refractivity contribution < 1.29 is 17.6 Å². The lowest BCUT2D eigenvalue weighted by Gasteiger charge is -2.17. The molecule has 1 atom stereocenters. The van der Waals surface area contributed by atoms with Gasteiger partial charge in [-0.05, 0) is 24.9 Å². The summed E-state index contributed by atoms with van der Waals surface area (Å²) in [7, 11) is -3.24. The quantitative estimate of drug-likeness (QED) is 0.580. The van der Waals surface area contributed by atoms with Crippen LogP contribution in [-0.2, 0) is 16.6 Å². The van der Waals surface area contributed by atoms with Crippen molar-refractivity contribution in [3.63, 3.8) is 0 Å². The minimum absolute atomic E-state index is 0.159. The fraction of sp³-hybridized carbons (Fsp3) is 0.562. The molecule has 2 amide bonds. The summed E-state index contributed by atoms with van der Waals surface area (Å²) >= 11 is 0. The smallest absolute Gasteiger partial charge is 0.314 e. The first-order valence-electron chi connectivity index (χ1n) is 8.25. The van der Waals surface area contributed by atoms with Crippen LogP contribution in [-0.4, -0.2) is 58.3 Å². The Morgan fingerprint density at radius 2 is 2.04 bits per heavy atom. The lowest BCUT2D eigenvalue weighted by molar-refractivity contribution is 0.238. The number of carbonyl (C=O) groups is 1. The van der Waals surface area contributed by atoms with Crippen LogP contribution in [0.3, 0.4) is 0 Å². The van der Waals surface area contributed by atoms with E-state index in [1.165, 1.54) is 6.07 Å². The van der Waals surface area contributed by atoms with Gasteiger partial charge in [0.15, 0.2) is 0 Å². The van der Waals surface area contributed by atoms with Crippen molar-refractivity contribution in [2.75, 3.05) is 39.0 Å². The molecule has 0 aliphatic carbocycles. The molecule has 1 aliphatic heterocycles. The van der Waals surface area contributed by atoms with Gasteiger partial charge in [-0.15, -0.1) is 0 Å². The zero-order valence-corrected chi connectivity index (χ0v) is 15.1. The fourth-order valence-corrected chi connectivity index (χ4v) is 3.28. The van der Waals surface area contributed by atoms with E-state index >= 15 is 0 Å². The van der Waals surface area contributed by atoms with E-state index in [-0.39, 0.29) is 24.9 Å². The number of carbonyl (C=O) groups excluding carboxylic acids is 1. The Bertz CT molecular complexity index is 684. The summed E-state index contributed by atoms with van der Waals surface area (Å²) in [4.78, 5) is 13.9. The largest absolute Gasteiger partial charge is 0.338 e. The Morgan fingerprint density at radius 3 is 2.76 bits per heavy atom. The summed E-state index contributed by atoms with van der Waals surface area (Å²) in [5.41, 5.74) is 0.687. The Labute approximate surface area is 148 Å². The van der Waals surface area contributed by atoms with Crippen LogP contribution in [0.5, 0.6) is 0 Å². The first kappa shape index (κ1) is 19.6. The van der Waals surface area contributed by atoms with E-state index in [9.17, 15) is 17.6 Å². The van der Waals surface area contributed by atoms with Crippen LogP contribution in [0.4, 0.5) is 9.18 Å². The molecular weight excluding hydrogens is 347 g/mol. The Hall–Kier alpha value is -1.71. The summed E-state index contributed by atoms with van der Waals surface area (Å²) in [6.07, 6.45) is 2.02. The van der Waals surface area contributed by atoms with Crippen LogP contribution in [0.2, 0.25) is 0 Å². The Kier molecular flexibility index (Phi) is 7.15. The number of urea groups is 1. The maximum atomic E-state index is 13.7. The van der Waals surface area contributed by atoms with E-state index < -0.39 is 10.0 Å². The summed E-state index contributed by atoms with van der Waals surface area (Å²) in [5, 5.41) is 5.39. The van der Waals surface area contributed by atoms with Gasteiger partial charge in [-0.1, -0.05) is 18.2 Å². The highest BCUT2D eigenvalue weighted by molar-refractivity contribution is 7.88. The van der Waals surface area contributed by atoms with Crippen LogP contribution >= 0.6 is 0 Å². The number of benzene rings is 1. The molecule has 0 aromatic heterocycles. The van der Waals surface area contributed by atoms with Crippen LogP contribution < -0.4 is 15.4 Å². The van der Waals surface area contributed by atoms with Crippen molar-refractivity contribution in [2.45, 2.75) is 13.0 Å². The van der Waals surface area contributed by atoms with Crippen LogP contribution in [0, 0.1) is 11.7 Å². The number of hydrogen-bond acceptors (Lipinski definition) is 4. The third-order valence-electron chi connectivity index (χ3n) is 4.05. The second-order valence-corrected chi connectivity index (χ2v) is 8.12. The second-order valence-electron chi connectivity index (χ2n) is 6.28. The monoisotopic (exact) mass is 372 g/mol. The van der Waals surface area contributed by atoms with Gasteiger partial charge in [0.05, 0.1) is 6.26 Å². The summed E-state index contributed by atoms with van der Waals surface area (Å²) in [6, 6.07) is 6.45. The molecule has 3 N–H and O–H groups in total. The second kappa shape index (κ2) is 9.12. The molecule has 0 spiro atoms. The maximum absolute atomic E-state index is 13.7. The van der Waals surface area contributed by atoms with Gasteiger partial charge in [0.2, 0.25) is 10.0 Å². The highest BCUT2D eigenvalue weighted by atomic mass is 32.2. The molecule has 1 saturated heterocycles. The minimum atomic E-state index is -3.24. The van der Waals surface area contributed by atoms with Crippen molar-refractivity contribution in [3.8, 4) is 0 Å². The molecule has 1 aromatic rings. The molecule has 140 valence electrons.